The van der Waals surface area contributed by atoms with Crippen LogP contribution in [0.1, 0.15) is 47.2 Å². The summed E-state index contributed by atoms with van der Waals surface area (Å²) in [7, 11) is 0. The van der Waals surface area contributed by atoms with Crippen LogP contribution in [0.3, 0.4) is 0 Å². The van der Waals surface area contributed by atoms with Crippen LogP contribution in [0, 0.1) is 0 Å². The second kappa shape index (κ2) is 8.46. The van der Waals surface area contributed by atoms with Gasteiger partial charge in [0.1, 0.15) is 0 Å². The van der Waals surface area contributed by atoms with Crippen LogP contribution in [0.4, 0.5) is 0 Å². The first-order chi connectivity index (χ1) is 18.2. The normalized spacial score (nSPS) is 13.6. The summed E-state index contributed by atoms with van der Waals surface area (Å²) in [5.41, 5.74) is 10.4. The third kappa shape index (κ3) is 3.22. The van der Waals surface area contributed by atoms with Gasteiger partial charge < -0.3 is 0 Å². The molecule has 0 saturated heterocycles. The second-order valence-corrected chi connectivity index (χ2v) is 10.3. The van der Waals surface area contributed by atoms with Crippen molar-refractivity contribution in [3.8, 4) is 11.1 Å². The number of hydrogen-bond donors (Lipinski definition) is 0. The van der Waals surface area contributed by atoms with E-state index >= 15 is 0 Å². The molecule has 0 radical (unpaired) electrons. The van der Waals surface area contributed by atoms with Gasteiger partial charge in [0.2, 0.25) is 0 Å². The van der Waals surface area contributed by atoms with E-state index in [2.05, 4.69) is 135 Å². The van der Waals surface area contributed by atoms with Crippen LogP contribution in [0.25, 0.3) is 32.7 Å². The predicted octanol–water partition coefficient (Wildman–Crippen LogP) is 9.48. The van der Waals surface area contributed by atoms with Gasteiger partial charge >= 0.3 is 0 Å². The van der Waals surface area contributed by atoms with Crippen molar-refractivity contribution in [1.82, 2.24) is 0 Å². The zero-order valence-electron chi connectivity index (χ0n) is 21.5. The van der Waals surface area contributed by atoms with Crippen molar-refractivity contribution in [2.75, 3.05) is 0 Å². The molecule has 0 aromatic heterocycles. The highest BCUT2D eigenvalue weighted by molar-refractivity contribution is 5.91. The Kier molecular flexibility index (Phi) is 5.04. The van der Waals surface area contributed by atoms with Crippen molar-refractivity contribution < 1.29 is 0 Å². The SMILES string of the molecule is CCc1ccc2cc(C3(c4ccc5cc(CC)ccc5c4)c4ccccc4-c4ccccc43)ccc2c1. The number of benzene rings is 6. The molecule has 0 saturated carbocycles. The fourth-order valence-electron chi connectivity index (χ4n) is 6.52. The lowest BCUT2D eigenvalue weighted by Crippen LogP contribution is -2.28. The summed E-state index contributed by atoms with van der Waals surface area (Å²) in [6.07, 6.45) is 2.11. The van der Waals surface area contributed by atoms with Crippen LogP contribution in [0.15, 0.2) is 121 Å². The molecule has 1 aliphatic rings. The van der Waals surface area contributed by atoms with Crippen LogP contribution in [-0.4, -0.2) is 0 Å². The second-order valence-electron chi connectivity index (χ2n) is 10.3. The van der Waals surface area contributed by atoms with Crippen molar-refractivity contribution >= 4 is 21.5 Å². The molecule has 0 bridgehead atoms. The first-order valence-electron chi connectivity index (χ1n) is 13.5. The summed E-state index contributed by atoms with van der Waals surface area (Å²) in [5.74, 6) is 0. The van der Waals surface area contributed by atoms with Gasteiger partial charge in [0.15, 0.2) is 0 Å². The Hall–Kier alpha value is -4.16. The van der Waals surface area contributed by atoms with Gasteiger partial charge in [-0.2, -0.15) is 0 Å². The first-order valence-corrected chi connectivity index (χ1v) is 13.5. The summed E-state index contributed by atoms with van der Waals surface area (Å²) in [4.78, 5) is 0. The molecule has 6 aromatic carbocycles. The quantitative estimate of drug-likeness (QED) is 0.238. The molecule has 0 spiro atoms. The molecule has 0 atom stereocenters. The number of rotatable bonds is 4. The predicted molar refractivity (Wildman–Crippen MR) is 158 cm³/mol. The largest absolute Gasteiger partial charge is 0.0714 e. The molecule has 1 aliphatic carbocycles. The molecule has 0 N–H and O–H groups in total. The molecule has 37 heavy (non-hydrogen) atoms. The van der Waals surface area contributed by atoms with Crippen molar-refractivity contribution in [2.45, 2.75) is 32.1 Å². The van der Waals surface area contributed by atoms with Crippen LogP contribution in [0.2, 0.25) is 0 Å². The van der Waals surface area contributed by atoms with Gasteiger partial charge in [-0.1, -0.05) is 123 Å². The molecule has 7 rings (SSSR count). The van der Waals surface area contributed by atoms with Gasteiger partial charge in [0, 0.05) is 0 Å². The fraction of sp³-hybridized carbons (Fsp3) is 0.135. The van der Waals surface area contributed by atoms with E-state index in [1.165, 1.54) is 66.1 Å². The Morgan fingerprint density at radius 3 is 1.30 bits per heavy atom. The standard InChI is InChI=1S/C37H30/c1-3-25-13-15-29-23-31(19-17-27(29)21-25)37(32-20-18-28-22-26(4-2)14-16-30(28)24-32)35-11-7-5-9-33(35)34-10-6-8-12-36(34)37/h5-24H,3-4H2,1-2H3. The van der Waals surface area contributed by atoms with Gasteiger partial charge in [-0.25, -0.2) is 0 Å². The molecule has 0 heterocycles. The molecule has 178 valence electrons. The minimum atomic E-state index is -0.373. The number of hydrogen-bond acceptors (Lipinski definition) is 0. The van der Waals surface area contributed by atoms with E-state index in [0.29, 0.717) is 0 Å². The van der Waals surface area contributed by atoms with Gasteiger partial charge in [-0.3, -0.25) is 0 Å². The average molecular weight is 475 g/mol. The minimum absolute atomic E-state index is 0.373. The van der Waals surface area contributed by atoms with E-state index in [1.807, 2.05) is 0 Å². The van der Waals surface area contributed by atoms with Crippen LogP contribution < -0.4 is 0 Å². The molecule has 0 aliphatic heterocycles. The molecule has 0 fully saturated rings. The van der Waals surface area contributed by atoms with Gasteiger partial charge in [0.25, 0.3) is 0 Å². The van der Waals surface area contributed by atoms with Crippen LogP contribution in [-0.2, 0) is 18.3 Å². The van der Waals surface area contributed by atoms with Gasteiger partial charge in [0.05, 0.1) is 5.41 Å². The van der Waals surface area contributed by atoms with Crippen LogP contribution >= 0.6 is 0 Å². The Morgan fingerprint density at radius 2 is 0.838 bits per heavy atom. The maximum absolute atomic E-state index is 2.43. The van der Waals surface area contributed by atoms with Crippen molar-refractivity contribution in [3.05, 3.63) is 155 Å². The Labute approximate surface area is 219 Å². The molecule has 0 unspecified atom stereocenters. The van der Waals surface area contributed by atoms with Crippen molar-refractivity contribution in [2.24, 2.45) is 0 Å². The van der Waals surface area contributed by atoms with E-state index < -0.39 is 0 Å². The third-order valence-electron chi connectivity index (χ3n) is 8.44. The topological polar surface area (TPSA) is 0 Å². The highest BCUT2D eigenvalue weighted by Crippen LogP contribution is 2.56. The molecule has 0 nitrogen and oxygen atoms in total. The summed E-state index contributed by atoms with van der Waals surface area (Å²) < 4.78 is 0. The van der Waals surface area contributed by atoms with E-state index in [4.69, 9.17) is 0 Å². The summed E-state index contributed by atoms with van der Waals surface area (Å²) >= 11 is 0. The van der Waals surface area contributed by atoms with E-state index in [9.17, 15) is 0 Å². The average Bonchev–Trinajstić information content (AvgIpc) is 3.27. The van der Waals surface area contributed by atoms with E-state index in [1.54, 1.807) is 0 Å². The summed E-state index contributed by atoms with van der Waals surface area (Å²) in [6.45, 7) is 4.44. The molecule has 0 amide bonds. The van der Waals surface area contributed by atoms with Gasteiger partial charge in [-0.05, 0) is 91.0 Å². The highest BCUT2D eigenvalue weighted by atomic mass is 14.5. The van der Waals surface area contributed by atoms with E-state index in [0.717, 1.165) is 12.8 Å². The lowest BCUT2D eigenvalue weighted by Gasteiger charge is -2.34. The molecule has 0 heteroatoms. The smallest absolute Gasteiger partial charge is 0.0619 e. The zero-order chi connectivity index (χ0) is 25.0. The maximum Gasteiger partial charge on any atom is 0.0714 e. The fourth-order valence-corrected chi connectivity index (χ4v) is 6.52. The maximum atomic E-state index is 2.43. The third-order valence-corrected chi connectivity index (χ3v) is 8.44. The molecular weight excluding hydrogens is 444 g/mol. The Morgan fingerprint density at radius 1 is 0.432 bits per heavy atom. The van der Waals surface area contributed by atoms with Crippen molar-refractivity contribution in [1.29, 1.82) is 0 Å². The minimum Gasteiger partial charge on any atom is -0.0619 e. The summed E-state index contributed by atoms with van der Waals surface area (Å²) in [5, 5.41) is 5.21. The molecular formula is C37H30. The van der Waals surface area contributed by atoms with E-state index in [-0.39, 0.29) is 5.41 Å². The summed E-state index contributed by atoms with van der Waals surface area (Å²) in [6, 6.07) is 46.0. The highest BCUT2D eigenvalue weighted by Gasteiger charge is 2.46. The monoisotopic (exact) mass is 474 g/mol. The lowest BCUT2D eigenvalue weighted by molar-refractivity contribution is 0.771. The zero-order valence-corrected chi connectivity index (χ0v) is 21.5. The van der Waals surface area contributed by atoms with Gasteiger partial charge in [-0.15, -0.1) is 0 Å². The number of aryl methyl sites for hydroxylation is 2. The Bertz CT molecular complexity index is 1670. The van der Waals surface area contributed by atoms with Crippen LogP contribution in [0.5, 0.6) is 0 Å². The first kappa shape index (κ1) is 22.1. The van der Waals surface area contributed by atoms with Crippen molar-refractivity contribution in [3.63, 3.8) is 0 Å². The Balaban J connectivity index is 1.58. The molecule has 6 aromatic rings. The lowest BCUT2D eigenvalue weighted by atomic mass is 9.67. The number of fused-ring (bicyclic) bond motifs is 5.